The van der Waals surface area contributed by atoms with Gasteiger partial charge in [0.15, 0.2) is 5.41 Å². The number of methoxy groups -OCH3 is 2. The van der Waals surface area contributed by atoms with Gasteiger partial charge in [-0.2, -0.15) is 0 Å². The maximum atomic E-state index is 12.5. The topological polar surface area (TPSA) is 82.1 Å². The zero-order valence-electron chi connectivity index (χ0n) is 15.7. The molecule has 0 fully saturated rings. The number of carbonyl (C=O) groups is 2. The van der Waals surface area contributed by atoms with Crippen LogP contribution in [0.15, 0.2) is 6.07 Å². The van der Waals surface area contributed by atoms with Crippen molar-refractivity contribution in [2.75, 3.05) is 27.4 Å². The summed E-state index contributed by atoms with van der Waals surface area (Å²) in [5.74, 6) is 5.90. The number of aliphatic hydroxyl groups is 1. The molecule has 0 atom stereocenters. The smallest absolute Gasteiger partial charge is 0.323 e. The van der Waals surface area contributed by atoms with Gasteiger partial charge in [0, 0.05) is 30.6 Å². The molecule has 0 saturated heterocycles. The van der Waals surface area contributed by atoms with Gasteiger partial charge in [-0.3, -0.25) is 9.59 Å². The minimum atomic E-state index is -1.38. The highest BCUT2D eigenvalue weighted by molar-refractivity contribution is 6.01. The first kappa shape index (κ1) is 19.2. The average molecular weight is 372 g/mol. The van der Waals surface area contributed by atoms with E-state index in [1.165, 1.54) is 14.2 Å². The van der Waals surface area contributed by atoms with Gasteiger partial charge < -0.3 is 19.3 Å². The molecule has 144 valence electrons. The SMILES string of the molecule is COC(=O)C1(C(=O)OC)Cc2cc3c(c(C#CCCCO)c2C1)CCCO3. The van der Waals surface area contributed by atoms with Gasteiger partial charge in [0.25, 0.3) is 0 Å². The van der Waals surface area contributed by atoms with Crippen molar-refractivity contribution in [3.63, 3.8) is 0 Å². The number of fused-ring (bicyclic) bond motifs is 2. The Hall–Kier alpha value is -2.52. The Kier molecular flexibility index (Phi) is 5.71. The van der Waals surface area contributed by atoms with Crippen LogP contribution >= 0.6 is 0 Å². The van der Waals surface area contributed by atoms with Crippen molar-refractivity contribution in [3.8, 4) is 17.6 Å². The van der Waals surface area contributed by atoms with E-state index < -0.39 is 17.4 Å². The number of ether oxygens (including phenoxy) is 3. The molecule has 0 bridgehead atoms. The van der Waals surface area contributed by atoms with Crippen molar-refractivity contribution < 1.29 is 28.9 Å². The highest BCUT2D eigenvalue weighted by atomic mass is 16.5. The van der Waals surface area contributed by atoms with Gasteiger partial charge in [-0.15, -0.1) is 0 Å². The number of benzene rings is 1. The van der Waals surface area contributed by atoms with Crippen LogP contribution in [0.5, 0.6) is 5.75 Å². The highest BCUT2D eigenvalue weighted by Gasteiger charge is 2.53. The number of esters is 2. The van der Waals surface area contributed by atoms with E-state index in [0.29, 0.717) is 19.4 Å². The number of rotatable bonds is 4. The predicted molar refractivity (Wildman–Crippen MR) is 97.3 cm³/mol. The molecule has 3 rings (SSSR count). The van der Waals surface area contributed by atoms with E-state index >= 15 is 0 Å². The summed E-state index contributed by atoms with van der Waals surface area (Å²) in [6.45, 7) is 0.735. The van der Waals surface area contributed by atoms with Gasteiger partial charge in [0.2, 0.25) is 0 Å². The second-order valence-electron chi connectivity index (χ2n) is 6.87. The van der Waals surface area contributed by atoms with Crippen LogP contribution in [-0.2, 0) is 38.3 Å². The fourth-order valence-corrected chi connectivity index (χ4v) is 3.89. The number of carbonyl (C=O) groups excluding carboxylic acids is 2. The maximum absolute atomic E-state index is 12.5. The van der Waals surface area contributed by atoms with Crippen LogP contribution in [0.4, 0.5) is 0 Å². The third-order valence-electron chi connectivity index (χ3n) is 5.22. The quantitative estimate of drug-likeness (QED) is 0.374. The van der Waals surface area contributed by atoms with E-state index in [1.807, 2.05) is 6.07 Å². The Labute approximate surface area is 158 Å². The number of unbranched alkanes of at least 4 members (excludes halogenated alkanes) is 1. The average Bonchev–Trinajstić information content (AvgIpc) is 3.09. The molecule has 6 nitrogen and oxygen atoms in total. The van der Waals surface area contributed by atoms with Gasteiger partial charge in [0.1, 0.15) is 5.75 Å². The molecule has 0 radical (unpaired) electrons. The molecule has 1 N–H and O–H groups in total. The molecule has 2 aliphatic rings. The molecule has 0 spiro atoms. The van der Waals surface area contributed by atoms with Crippen molar-refractivity contribution in [1.29, 1.82) is 0 Å². The zero-order chi connectivity index (χ0) is 19.4. The molecule has 6 heteroatoms. The van der Waals surface area contributed by atoms with Crippen molar-refractivity contribution in [1.82, 2.24) is 0 Å². The molecule has 0 aromatic heterocycles. The molecule has 27 heavy (non-hydrogen) atoms. The largest absolute Gasteiger partial charge is 0.493 e. The van der Waals surface area contributed by atoms with Crippen LogP contribution in [0.1, 0.15) is 41.5 Å². The van der Waals surface area contributed by atoms with Crippen LogP contribution in [0.3, 0.4) is 0 Å². The molecular weight excluding hydrogens is 348 g/mol. The lowest BCUT2D eigenvalue weighted by molar-refractivity contribution is -0.168. The van der Waals surface area contributed by atoms with E-state index in [2.05, 4.69) is 11.8 Å². The molecule has 1 aromatic rings. The first-order valence-corrected chi connectivity index (χ1v) is 9.14. The lowest BCUT2D eigenvalue weighted by atomic mass is 9.84. The Morgan fingerprint density at radius 2 is 1.96 bits per heavy atom. The van der Waals surface area contributed by atoms with E-state index in [1.54, 1.807) is 0 Å². The van der Waals surface area contributed by atoms with E-state index in [0.717, 1.165) is 40.8 Å². The van der Waals surface area contributed by atoms with E-state index in [4.69, 9.17) is 19.3 Å². The van der Waals surface area contributed by atoms with Crippen molar-refractivity contribution >= 4 is 11.9 Å². The third kappa shape index (κ3) is 3.40. The van der Waals surface area contributed by atoms with Gasteiger partial charge >= 0.3 is 11.9 Å². The third-order valence-corrected chi connectivity index (χ3v) is 5.22. The minimum Gasteiger partial charge on any atom is -0.493 e. The van der Waals surface area contributed by atoms with Crippen LogP contribution < -0.4 is 4.74 Å². The number of aliphatic hydroxyl groups excluding tert-OH is 1. The van der Waals surface area contributed by atoms with Gasteiger partial charge in [0.05, 0.1) is 20.8 Å². The molecule has 0 saturated carbocycles. The fourth-order valence-electron chi connectivity index (χ4n) is 3.89. The summed E-state index contributed by atoms with van der Waals surface area (Å²) < 4.78 is 15.7. The highest BCUT2D eigenvalue weighted by Crippen LogP contribution is 2.44. The zero-order valence-corrected chi connectivity index (χ0v) is 15.7. The lowest BCUT2D eigenvalue weighted by Gasteiger charge is -2.22. The molecule has 1 aliphatic carbocycles. The maximum Gasteiger partial charge on any atom is 0.323 e. The number of hydrogen-bond acceptors (Lipinski definition) is 6. The van der Waals surface area contributed by atoms with Crippen molar-refractivity contribution in [3.05, 3.63) is 28.3 Å². The van der Waals surface area contributed by atoms with Gasteiger partial charge in [-0.25, -0.2) is 0 Å². The standard InChI is InChI=1S/C21H24O6/c1-25-19(23)21(20(24)26-2)12-14-11-18-16(8-6-10-27-18)15(17(14)13-21)7-4-3-5-9-22/h11,22H,3,5-6,8-10,12-13H2,1-2H3. The molecule has 1 aromatic carbocycles. The van der Waals surface area contributed by atoms with Crippen LogP contribution in [0, 0.1) is 17.3 Å². The predicted octanol–water partition coefficient (Wildman–Crippen LogP) is 1.57. The van der Waals surface area contributed by atoms with E-state index in [-0.39, 0.29) is 19.4 Å². The summed E-state index contributed by atoms with van der Waals surface area (Å²) >= 11 is 0. The minimum absolute atomic E-state index is 0.0938. The second kappa shape index (κ2) is 8.01. The normalized spacial score (nSPS) is 16.3. The summed E-state index contributed by atoms with van der Waals surface area (Å²) in [5, 5.41) is 8.96. The Morgan fingerprint density at radius 3 is 2.63 bits per heavy atom. The first-order valence-electron chi connectivity index (χ1n) is 9.14. The molecule has 1 aliphatic heterocycles. The summed E-state index contributed by atoms with van der Waals surface area (Å²) in [7, 11) is 2.56. The number of hydrogen-bond donors (Lipinski definition) is 1. The second-order valence-corrected chi connectivity index (χ2v) is 6.87. The van der Waals surface area contributed by atoms with Crippen LogP contribution in [0.25, 0.3) is 0 Å². The summed E-state index contributed by atoms with van der Waals surface area (Å²) in [5.41, 5.74) is 2.26. The summed E-state index contributed by atoms with van der Waals surface area (Å²) in [6.07, 6.45) is 3.35. The Bertz CT molecular complexity index is 798. The van der Waals surface area contributed by atoms with Gasteiger partial charge in [-0.1, -0.05) is 11.8 Å². The van der Waals surface area contributed by atoms with Crippen LogP contribution in [-0.4, -0.2) is 44.5 Å². The van der Waals surface area contributed by atoms with E-state index in [9.17, 15) is 9.59 Å². The molecule has 0 amide bonds. The Morgan fingerprint density at radius 1 is 1.22 bits per heavy atom. The Balaban J connectivity index is 2.10. The summed E-state index contributed by atoms with van der Waals surface area (Å²) in [6, 6.07) is 1.93. The summed E-state index contributed by atoms with van der Waals surface area (Å²) in [4.78, 5) is 25.0. The van der Waals surface area contributed by atoms with Gasteiger partial charge in [-0.05, 0) is 42.9 Å². The molecular formula is C21H24O6. The van der Waals surface area contributed by atoms with Crippen LogP contribution in [0.2, 0.25) is 0 Å². The monoisotopic (exact) mass is 372 g/mol. The lowest BCUT2D eigenvalue weighted by Crippen LogP contribution is -2.42. The van der Waals surface area contributed by atoms with Crippen molar-refractivity contribution in [2.24, 2.45) is 5.41 Å². The molecule has 1 heterocycles. The first-order chi connectivity index (χ1) is 13.1. The van der Waals surface area contributed by atoms with Crippen molar-refractivity contribution in [2.45, 2.75) is 38.5 Å². The fraction of sp³-hybridized carbons (Fsp3) is 0.524. The molecule has 0 unspecified atom stereocenters.